The highest BCUT2D eigenvalue weighted by molar-refractivity contribution is 5.87. The molecule has 0 aromatic carbocycles. The van der Waals surface area contributed by atoms with Gasteiger partial charge in [0.15, 0.2) is 5.69 Å². The SMILES string of the molecule is COC(=O)c1cncc(N2CCCC(CC(=O)O)C2)n1. The lowest BCUT2D eigenvalue weighted by molar-refractivity contribution is -0.138. The molecule has 1 atom stereocenters. The molecule has 0 aliphatic carbocycles. The first-order valence-corrected chi connectivity index (χ1v) is 6.47. The predicted octanol–water partition coefficient (Wildman–Crippen LogP) is 0.954. The number of carboxylic acid groups (broad SMARTS) is 1. The van der Waals surface area contributed by atoms with Crippen LogP contribution in [0, 0.1) is 5.92 Å². The molecule has 108 valence electrons. The van der Waals surface area contributed by atoms with E-state index in [1.54, 1.807) is 6.20 Å². The lowest BCUT2D eigenvalue weighted by Crippen LogP contribution is -2.37. The van der Waals surface area contributed by atoms with Crippen LogP contribution in [0.3, 0.4) is 0 Å². The highest BCUT2D eigenvalue weighted by Gasteiger charge is 2.23. The number of nitrogens with zero attached hydrogens (tertiary/aromatic N) is 3. The second kappa shape index (κ2) is 6.31. The van der Waals surface area contributed by atoms with Crippen molar-refractivity contribution in [1.82, 2.24) is 9.97 Å². The Kier molecular flexibility index (Phi) is 4.49. The Hall–Kier alpha value is -2.18. The van der Waals surface area contributed by atoms with Gasteiger partial charge in [-0.3, -0.25) is 9.78 Å². The fourth-order valence-corrected chi connectivity index (χ4v) is 2.40. The fraction of sp³-hybridized carbons (Fsp3) is 0.538. The van der Waals surface area contributed by atoms with Crippen LogP contribution in [0.25, 0.3) is 0 Å². The van der Waals surface area contributed by atoms with Crippen molar-refractivity contribution in [2.24, 2.45) is 5.92 Å². The Morgan fingerprint density at radius 3 is 3.00 bits per heavy atom. The molecule has 0 amide bonds. The minimum Gasteiger partial charge on any atom is -0.481 e. The highest BCUT2D eigenvalue weighted by Crippen LogP contribution is 2.23. The number of hydrogen-bond acceptors (Lipinski definition) is 6. The number of piperidine rings is 1. The van der Waals surface area contributed by atoms with Gasteiger partial charge in [0, 0.05) is 19.5 Å². The Morgan fingerprint density at radius 2 is 2.30 bits per heavy atom. The number of carbonyl (C=O) groups is 2. The second-order valence-electron chi connectivity index (χ2n) is 4.81. The third-order valence-electron chi connectivity index (χ3n) is 3.32. The van der Waals surface area contributed by atoms with Gasteiger partial charge in [0.1, 0.15) is 5.82 Å². The van der Waals surface area contributed by atoms with Crippen molar-refractivity contribution in [3.63, 3.8) is 0 Å². The average molecular weight is 279 g/mol. The summed E-state index contributed by atoms with van der Waals surface area (Å²) >= 11 is 0. The van der Waals surface area contributed by atoms with Crippen molar-refractivity contribution >= 4 is 17.8 Å². The molecule has 0 spiro atoms. The number of aliphatic carboxylic acids is 1. The van der Waals surface area contributed by atoms with Gasteiger partial charge in [0.05, 0.1) is 19.5 Å². The van der Waals surface area contributed by atoms with Crippen LogP contribution in [0.4, 0.5) is 5.82 Å². The third-order valence-corrected chi connectivity index (χ3v) is 3.32. The van der Waals surface area contributed by atoms with Crippen LogP contribution in [0.2, 0.25) is 0 Å². The molecule has 1 fully saturated rings. The van der Waals surface area contributed by atoms with E-state index in [1.807, 2.05) is 4.90 Å². The summed E-state index contributed by atoms with van der Waals surface area (Å²) in [5, 5.41) is 8.86. The maximum Gasteiger partial charge on any atom is 0.358 e. The zero-order chi connectivity index (χ0) is 14.5. The van der Waals surface area contributed by atoms with E-state index in [0.717, 1.165) is 19.4 Å². The third kappa shape index (κ3) is 3.43. The Morgan fingerprint density at radius 1 is 1.50 bits per heavy atom. The number of anilines is 1. The van der Waals surface area contributed by atoms with E-state index in [0.29, 0.717) is 12.4 Å². The molecule has 0 saturated carbocycles. The number of carboxylic acids is 1. The lowest BCUT2D eigenvalue weighted by atomic mass is 9.95. The number of methoxy groups -OCH3 is 1. The number of carbonyl (C=O) groups excluding carboxylic acids is 1. The minimum absolute atomic E-state index is 0.102. The summed E-state index contributed by atoms with van der Waals surface area (Å²) in [5.74, 6) is -0.627. The van der Waals surface area contributed by atoms with Crippen LogP contribution < -0.4 is 4.90 Å². The molecule has 1 aromatic heterocycles. The molecule has 1 aromatic rings. The number of ether oxygens (including phenoxy) is 1. The van der Waals surface area contributed by atoms with Gasteiger partial charge in [-0.05, 0) is 18.8 Å². The number of hydrogen-bond donors (Lipinski definition) is 1. The van der Waals surface area contributed by atoms with E-state index in [-0.39, 0.29) is 18.0 Å². The van der Waals surface area contributed by atoms with Gasteiger partial charge in [-0.1, -0.05) is 0 Å². The van der Waals surface area contributed by atoms with Crippen LogP contribution in [-0.4, -0.2) is 47.2 Å². The fourth-order valence-electron chi connectivity index (χ4n) is 2.40. The zero-order valence-electron chi connectivity index (χ0n) is 11.3. The van der Waals surface area contributed by atoms with Gasteiger partial charge >= 0.3 is 11.9 Å². The summed E-state index contributed by atoms with van der Waals surface area (Å²) < 4.78 is 4.61. The van der Waals surface area contributed by atoms with Crippen molar-refractivity contribution in [3.8, 4) is 0 Å². The normalized spacial score (nSPS) is 18.6. The Labute approximate surface area is 116 Å². The first-order chi connectivity index (χ1) is 9.60. The Balaban J connectivity index is 2.10. The smallest absolute Gasteiger partial charge is 0.358 e. The standard InChI is InChI=1S/C13H17N3O4/c1-20-13(19)10-6-14-7-11(15-10)16-4-2-3-9(8-16)5-12(17)18/h6-7,9H,2-5,8H2,1H3,(H,17,18). The van der Waals surface area contributed by atoms with Crippen LogP contribution in [0.15, 0.2) is 12.4 Å². The summed E-state index contributed by atoms with van der Waals surface area (Å²) in [4.78, 5) is 32.4. The van der Waals surface area contributed by atoms with E-state index < -0.39 is 11.9 Å². The van der Waals surface area contributed by atoms with Crippen LogP contribution in [0.1, 0.15) is 29.8 Å². The van der Waals surface area contributed by atoms with E-state index in [4.69, 9.17) is 5.11 Å². The number of rotatable bonds is 4. The molecule has 20 heavy (non-hydrogen) atoms. The second-order valence-corrected chi connectivity index (χ2v) is 4.81. The average Bonchev–Trinajstić information content (AvgIpc) is 2.46. The summed E-state index contributed by atoms with van der Waals surface area (Å²) in [7, 11) is 1.29. The van der Waals surface area contributed by atoms with Crippen LogP contribution in [0.5, 0.6) is 0 Å². The molecule has 0 bridgehead atoms. The minimum atomic E-state index is -0.786. The van der Waals surface area contributed by atoms with Gasteiger partial charge in [-0.2, -0.15) is 0 Å². The molecule has 1 aliphatic heterocycles. The molecule has 2 rings (SSSR count). The molecule has 7 nitrogen and oxygen atoms in total. The highest BCUT2D eigenvalue weighted by atomic mass is 16.5. The van der Waals surface area contributed by atoms with Crippen molar-refractivity contribution in [2.75, 3.05) is 25.1 Å². The summed E-state index contributed by atoms with van der Waals surface area (Å²) in [6.07, 6.45) is 4.89. The predicted molar refractivity (Wildman–Crippen MR) is 70.6 cm³/mol. The van der Waals surface area contributed by atoms with Crippen molar-refractivity contribution in [3.05, 3.63) is 18.1 Å². The molecule has 0 radical (unpaired) electrons. The molecule has 2 heterocycles. The van der Waals surface area contributed by atoms with Crippen molar-refractivity contribution in [2.45, 2.75) is 19.3 Å². The number of esters is 1. The van der Waals surface area contributed by atoms with E-state index in [1.165, 1.54) is 13.3 Å². The molecule has 1 aliphatic rings. The van der Waals surface area contributed by atoms with Crippen molar-refractivity contribution < 1.29 is 19.4 Å². The van der Waals surface area contributed by atoms with E-state index in [2.05, 4.69) is 14.7 Å². The van der Waals surface area contributed by atoms with Gasteiger partial charge in [0.2, 0.25) is 0 Å². The van der Waals surface area contributed by atoms with E-state index in [9.17, 15) is 9.59 Å². The lowest BCUT2D eigenvalue weighted by Gasteiger charge is -2.32. The summed E-state index contributed by atoms with van der Waals surface area (Å²) in [5.41, 5.74) is 0.158. The van der Waals surface area contributed by atoms with E-state index >= 15 is 0 Å². The molecule has 1 unspecified atom stereocenters. The van der Waals surface area contributed by atoms with Gasteiger partial charge in [-0.15, -0.1) is 0 Å². The maximum absolute atomic E-state index is 11.4. The zero-order valence-corrected chi connectivity index (χ0v) is 11.3. The molecular weight excluding hydrogens is 262 g/mol. The topological polar surface area (TPSA) is 92.6 Å². The van der Waals surface area contributed by atoms with Crippen LogP contribution in [-0.2, 0) is 9.53 Å². The molecule has 1 N–H and O–H groups in total. The first-order valence-electron chi connectivity index (χ1n) is 6.47. The summed E-state index contributed by atoms with van der Waals surface area (Å²) in [6, 6.07) is 0. The Bertz CT molecular complexity index is 506. The largest absolute Gasteiger partial charge is 0.481 e. The number of aromatic nitrogens is 2. The monoisotopic (exact) mass is 279 g/mol. The maximum atomic E-state index is 11.4. The quantitative estimate of drug-likeness (QED) is 0.820. The van der Waals surface area contributed by atoms with Gasteiger partial charge in [0.25, 0.3) is 0 Å². The van der Waals surface area contributed by atoms with Crippen molar-refractivity contribution in [1.29, 1.82) is 0 Å². The molecular formula is C13H17N3O4. The van der Waals surface area contributed by atoms with Gasteiger partial charge < -0.3 is 14.7 Å². The van der Waals surface area contributed by atoms with Crippen LogP contribution >= 0.6 is 0 Å². The molecule has 1 saturated heterocycles. The molecule has 7 heteroatoms. The summed E-state index contributed by atoms with van der Waals surface area (Å²) in [6.45, 7) is 1.40. The first kappa shape index (κ1) is 14.2. The van der Waals surface area contributed by atoms with Gasteiger partial charge in [-0.25, -0.2) is 9.78 Å².